The molecule has 0 saturated carbocycles. The molecule has 460 valence electrons. The zero-order chi connectivity index (χ0) is 55.7. The molecule has 0 aromatic heterocycles. The van der Waals surface area contributed by atoms with Gasteiger partial charge in [0.15, 0.2) is 25.2 Å². The highest BCUT2D eigenvalue weighted by molar-refractivity contribution is 4.89. The van der Waals surface area contributed by atoms with E-state index in [9.17, 15) is 0 Å². The van der Waals surface area contributed by atoms with Gasteiger partial charge in [-0.3, -0.25) is 0 Å². The normalized spacial score (nSPS) is 13.0. The molecule has 0 aliphatic heterocycles. The third-order valence-corrected chi connectivity index (χ3v) is 15.3. The van der Waals surface area contributed by atoms with Crippen molar-refractivity contribution in [1.82, 2.24) is 0 Å². The maximum atomic E-state index is 6.33. The lowest BCUT2D eigenvalue weighted by atomic mass is 10.1. The number of hydrogen-bond donors (Lipinski definition) is 0. The molecular weight excluding hydrogens is 953 g/mol. The number of allylic oxidation sites excluding steroid dienone is 2. The van der Waals surface area contributed by atoms with Crippen molar-refractivity contribution in [3.63, 3.8) is 0 Å². The van der Waals surface area contributed by atoms with Gasteiger partial charge in [0.1, 0.15) is 0 Å². The fraction of sp³-hybridized carbons (Fsp3) is 0.943. The lowest BCUT2D eigenvalue weighted by molar-refractivity contribution is -0.204. The second-order valence-electron chi connectivity index (χ2n) is 23.0. The van der Waals surface area contributed by atoms with Crippen LogP contribution in [-0.4, -0.2) is 64.8 Å². The van der Waals surface area contributed by atoms with Gasteiger partial charge in [0.2, 0.25) is 0 Å². The Hall–Kier alpha value is -0.800. The summed E-state index contributed by atoms with van der Waals surface area (Å²) in [5.41, 5.74) is 0. The van der Waals surface area contributed by atoms with Crippen LogP contribution < -0.4 is 0 Å². The van der Waals surface area contributed by atoms with Gasteiger partial charge < -0.3 is 33.2 Å². The van der Waals surface area contributed by atoms with Crippen LogP contribution in [0.4, 0.5) is 0 Å². The molecule has 77 heavy (non-hydrogen) atoms. The highest BCUT2D eigenvalue weighted by Crippen LogP contribution is 2.19. The van der Waals surface area contributed by atoms with Crippen LogP contribution in [0.3, 0.4) is 0 Å². The summed E-state index contributed by atoms with van der Waals surface area (Å²) in [5.74, 6) is 0. The summed E-state index contributed by atoms with van der Waals surface area (Å²) in [7, 11) is 0. The lowest BCUT2D eigenvalue weighted by Crippen LogP contribution is -2.24. The zero-order valence-corrected chi connectivity index (χ0v) is 53.1. The standard InChI is InChI=1S/C70H138O7/c1-7-13-17-21-25-39-47-55-63-73-67(74-64-56-48-40-26-22-18-14-8-2)59-51-43-35-31-29-33-37-45-53-61-69(71-11-5)77-70(72-12-6)62-54-46-38-34-30-32-36-44-52-60-68(75-65-57-49-41-27-23-19-15-9-3)76-66-58-50-42-28-24-20-16-10-4/h53-54,61-62,67-70H,7-52,55-60,63-66H2,1-6H3. The van der Waals surface area contributed by atoms with Crippen LogP contribution >= 0.6 is 0 Å². The van der Waals surface area contributed by atoms with Crippen LogP contribution in [0.5, 0.6) is 0 Å². The van der Waals surface area contributed by atoms with Crippen molar-refractivity contribution < 1.29 is 33.2 Å². The van der Waals surface area contributed by atoms with Crippen molar-refractivity contribution in [3.8, 4) is 0 Å². The summed E-state index contributed by atoms with van der Waals surface area (Å²) in [6.07, 6.45) is 72.4. The molecule has 0 rings (SSSR count). The Balaban J connectivity index is 4.39. The fourth-order valence-electron chi connectivity index (χ4n) is 10.3. The van der Waals surface area contributed by atoms with Gasteiger partial charge in [0.05, 0.1) is 0 Å². The van der Waals surface area contributed by atoms with Crippen LogP contribution in [0, 0.1) is 0 Å². The molecule has 7 nitrogen and oxygen atoms in total. The van der Waals surface area contributed by atoms with Crippen LogP contribution in [0.25, 0.3) is 0 Å². The molecule has 0 N–H and O–H groups in total. The highest BCUT2D eigenvalue weighted by atomic mass is 16.8. The van der Waals surface area contributed by atoms with E-state index in [1.165, 1.54) is 295 Å². The molecule has 0 saturated heterocycles. The first-order valence-corrected chi connectivity index (χ1v) is 34.8. The van der Waals surface area contributed by atoms with Gasteiger partial charge in [0, 0.05) is 39.6 Å². The lowest BCUT2D eigenvalue weighted by Gasteiger charge is -2.20. The van der Waals surface area contributed by atoms with Crippen molar-refractivity contribution in [1.29, 1.82) is 0 Å². The van der Waals surface area contributed by atoms with E-state index in [1.807, 2.05) is 13.8 Å². The average Bonchev–Trinajstić information content (AvgIpc) is 3.43. The number of rotatable bonds is 68. The summed E-state index contributed by atoms with van der Waals surface area (Å²) < 4.78 is 43.5. The molecule has 0 spiro atoms. The minimum atomic E-state index is -0.392. The molecule has 0 aromatic rings. The summed E-state index contributed by atoms with van der Waals surface area (Å²) in [6, 6.07) is 0. The van der Waals surface area contributed by atoms with Crippen molar-refractivity contribution in [2.24, 2.45) is 0 Å². The second-order valence-corrected chi connectivity index (χ2v) is 23.0. The number of unbranched alkanes of at least 4 members (excludes halogenated alkanes) is 42. The van der Waals surface area contributed by atoms with E-state index in [0.29, 0.717) is 13.2 Å². The summed E-state index contributed by atoms with van der Waals surface area (Å²) in [4.78, 5) is 0. The van der Waals surface area contributed by atoms with E-state index in [2.05, 4.69) is 52.0 Å². The number of hydrogen-bond acceptors (Lipinski definition) is 7. The molecule has 2 unspecified atom stereocenters. The van der Waals surface area contributed by atoms with Crippen LogP contribution in [0.2, 0.25) is 0 Å². The van der Waals surface area contributed by atoms with Crippen molar-refractivity contribution in [2.75, 3.05) is 39.6 Å². The molecule has 7 heteroatoms. The maximum absolute atomic E-state index is 6.33. The van der Waals surface area contributed by atoms with Crippen LogP contribution in [0.15, 0.2) is 24.3 Å². The largest absolute Gasteiger partial charge is 0.353 e. The minimum absolute atomic E-state index is 0.0177. The zero-order valence-electron chi connectivity index (χ0n) is 53.1. The van der Waals surface area contributed by atoms with Crippen LogP contribution in [-0.2, 0) is 33.2 Å². The second kappa shape index (κ2) is 67.7. The SMILES string of the molecule is CCCCCCCCCCOC(CCCCCCCCCC=CC(OCC)OC(C=CCCCCCCCCCC(OCCCCCCCCCC)OCCCCCCCCCC)OCC)OCCCCCCCCCC. The van der Waals surface area contributed by atoms with E-state index in [-0.39, 0.29) is 12.6 Å². The molecule has 0 heterocycles. The van der Waals surface area contributed by atoms with E-state index >= 15 is 0 Å². The monoisotopic (exact) mass is 1090 g/mol. The topological polar surface area (TPSA) is 64.6 Å². The van der Waals surface area contributed by atoms with Gasteiger partial charge in [-0.25, -0.2) is 0 Å². The first-order chi connectivity index (χ1) is 38.1. The predicted molar refractivity (Wildman–Crippen MR) is 335 cm³/mol. The Labute approximate surface area is 482 Å². The molecule has 0 aromatic carbocycles. The minimum Gasteiger partial charge on any atom is -0.353 e. The van der Waals surface area contributed by atoms with Crippen LogP contribution in [0.1, 0.15) is 363 Å². The van der Waals surface area contributed by atoms with Gasteiger partial charge in [-0.2, -0.15) is 0 Å². The third-order valence-electron chi connectivity index (χ3n) is 15.3. The summed E-state index contributed by atoms with van der Waals surface area (Å²) >= 11 is 0. The Kier molecular flexibility index (Phi) is 67.0. The first kappa shape index (κ1) is 76.2. The molecule has 0 aliphatic rings. The maximum Gasteiger partial charge on any atom is 0.180 e. The van der Waals surface area contributed by atoms with Crippen molar-refractivity contribution >= 4 is 0 Å². The molecule has 0 amide bonds. The molecule has 0 aliphatic carbocycles. The molecule has 0 bridgehead atoms. The molecule has 0 fully saturated rings. The van der Waals surface area contributed by atoms with Crippen molar-refractivity contribution in [3.05, 3.63) is 24.3 Å². The van der Waals surface area contributed by atoms with E-state index in [0.717, 1.165) is 52.1 Å². The molecular formula is C70H138O7. The van der Waals surface area contributed by atoms with E-state index in [1.54, 1.807) is 0 Å². The third kappa shape index (κ3) is 61.1. The summed E-state index contributed by atoms with van der Waals surface area (Å²) in [6.45, 7) is 17.9. The average molecular weight is 1090 g/mol. The van der Waals surface area contributed by atoms with Gasteiger partial charge in [-0.05, 0) is 103 Å². The molecule has 0 radical (unpaired) electrons. The van der Waals surface area contributed by atoms with Gasteiger partial charge in [-0.1, -0.05) is 284 Å². The summed E-state index contributed by atoms with van der Waals surface area (Å²) in [5, 5.41) is 0. The Morgan fingerprint density at radius 1 is 0.234 bits per heavy atom. The first-order valence-electron chi connectivity index (χ1n) is 34.8. The van der Waals surface area contributed by atoms with E-state index < -0.39 is 12.6 Å². The quantitative estimate of drug-likeness (QED) is 0.0342. The van der Waals surface area contributed by atoms with Gasteiger partial charge in [0.25, 0.3) is 0 Å². The predicted octanol–water partition coefficient (Wildman–Crippen LogP) is 23.1. The molecule has 2 atom stereocenters. The fourth-order valence-corrected chi connectivity index (χ4v) is 10.3. The van der Waals surface area contributed by atoms with Gasteiger partial charge >= 0.3 is 0 Å². The highest BCUT2D eigenvalue weighted by Gasteiger charge is 2.14. The van der Waals surface area contributed by atoms with E-state index in [4.69, 9.17) is 33.2 Å². The Morgan fingerprint density at radius 3 is 0.701 bits per heavy atom. The smallest absolute Gasteiger partial charge is 0.180 e. The van der Waals surface area contributed by atoms with Crippen molar-refractivity contribution in [2.45, 2.75) is 388 Å². The Morgan fingerprint density at radius 2 is 0.455 bits per heavy atom. The van der Waals surface area contributed by atoms with Gasteiger partial charge in [-0.15, -0.1) is 0 Å². The number of ether oxygens (including phenoxy) is 7. The Bertz CT molecular complexity index is 987.